The van der Waals surface area contributed by atoms with E-state index in [1.165, 1.54) is 12.3 Å². The van der Waals surface area contributed by atoms with Gasteiger partial charge in [-0.1, -0.05) is 48.5 Å². The van der Waals surface area contributed by atoms with Gasteiger partial charge in [0.1, 0.15) is 34.5 Å². The van der Waals surface area contributed by atoms with Crippen LogP contribution in [0.5, 0.6) is 11.5 Å². The lowest BCUT2D eigenvalue weighted by Gasteiger charge is -2.28. The maximum absolute atomic E-state index is 13.5. The summed E-state index contributed by atoms with van der Waals surface area (Å²) in [6.07, 6.45) is 1.44. The van der Waals surface area contributed by atoms with Crippen LogP contribution in [-0.2, 0) is 4.79 Å². The van der Waals surface area contributed by atoms with Crippen molar-refractivity contribution in [1.29, 1.82) is 0 Å². The lowest BCUT2D eigenvalue weighted by atomic mass is 9.84. The monoisotopic (exact) mass is 478 g/mol. The van der Waals surface area contributed by atoms with Crippen molar-refractivity contribution in [2.24, 2.45) is 0 Å². The molecule has 0 amide bonds. The predicted molar refractivity (Wildman–Crippen MR) is 138 cm³/mol. The Labute approximate surface area is 206 Å². The van der Waals surface area contributed by atoms with Crippen molar-refractivity contribution in [3.8, 4) is 22.6 Å². The number of aromatic nitrogens is 1. The molecule has 178 valence electrons. The highest BCUT2D eigenvalue weighted by molar-refractivity contribution is 5.95. The summed E-state index contributed by atoms with van der Waals surface area (Å²) in [7, 11) is 3.79. The van der Waals surface area contributed by atoms with Crippen molar-refractivity contribution in [2.45, 2.75) is 12.3 Å². The summed E-state index contributed by atoms with van der Waals surface area (Å²) in [5, 5.41) is 11.8. The highest BCUT2D eigenvalue weighted by atomic mass is 16.5. The first-order valence-corrected chi connectivity index (χ1v) is 11.6. The lowest BCUT2D eigenvalue weighted by Crippen LogP contribution is -2.24. The fraction of sp³-hybridized carbons (Fsp3) is 0.138. The number of pyridine rings is 1. The van der Waals surface area contributed by atoms with Gasteiger partial charge in [-0.3, -0.25) is 9.59 Å². The third-order valence-corrected chi connectivity index (χ3v) is 6.59. The van der Waals surface area contributed by atoms with Gasteiger partial charge in [-0.25, -0.2) is 4.98 Å². The van der Waals surface area contributed by atoms with Gasteiger partial charge < -0.3 is 19.2 Å². The smallest absolute Gasteiger partial charge is 0.312 e. The van der Waals surface area contributed by atoms with Crippen LogP contribution in [0.1, 0.15) is 23.5 Å². The largest absolute Gasteiger partial charge is 0.507 e. The van der Waals surface area contributed by atoms with E-state index in [0.29, 0.717) is 22.5 Å². The van der Waals surface area contributed by atoms with Crippen molar-refractivity contribution < 1.29 is 19.1 Å². The number of nitrogens with zero attached hydrogens (tertiary/aromatic N) is 2. The Kier molecular flexibility index (Phi) is 5.00. The van der Waals surface area contributed by atoms with E-state index in [4.69, 9.17) is 14.1 Å². The average molecular weight is 479 g/mol. The SMILES string of the molecule is CN(C)c1nc2ccccc2cc1C1CC(=O)Oc2cc(O)c3c(=O)c(-c4ccccc4)coc3c21. The molecule has 1 atom stereocenters. The highest BCUT2D eigenvalue weighted by Crippen LogP contribution is 2.47. The maximum Gasteiger partial charge on any atom is 0.312 e. The quantitative estimate of drug-likeness (QED) is 0.281. The summed E-state index contributed by atoms with van der Waals surface area (Å²) in [6.45, 7) is 0. The van der Waals surface area contributed by atoms with Gasteiger partial charge in [-0.05, 0) is 17.7 Å². The molecular formula is C29H22N2O5. The van der Waals surface area contributed by atoms with Crippen LogP contribution in [-0.4, -0.2) is 30.2 Å². The highest BCUT2D eigenvalue weighted by Gasteiger charge is 2.35. The predicted octanol–water partition coefficient (Wildman–Crippen LogP) is 5.22. The molecule has 0 saturated heterocycles. The Bertz CT molecular complexity index is 1720. The normalized spacial score (nSPS) is 15.1. The van der Waals surface area contributed by atoms with Crippen LogP contribution in [0.15, 0.2) is 82.2 Å². The number of aromatic hydroxyl groups is 1. The zero-order valence-electron chi connectivity index (χ0n) is 19.7. The van der Waals surface area contributed by atoms with Crippen molar-refractivity contribution in [3.05, 3.63) is 94.3 Å². The summed E-state index contributed by atoms with van der Waals surface area (Å²) in [5.74, 6) is -0.358. The van der Waals surface area contributed by atoms with E-state index < -0.39 is 11.9 Å². The van der Waals surface area contributed by atoms with Crippen molar-refractivity contribution >= 4 is 33.7 Å². The molecule has 0 spiro atoms. The molecule has 0 aliphatic carbocycles. The maximum atomic E-state index is 13.5. The molecule has 36 heavy (non-hydrogen) atoms. The first kappa shape index (κ1) is 21.9. The number of rotatable bonds is 3. The number of hydrogen-bond acceptors (Lipinski definition) is 7. The first-order chi connectivity index (χ1) is 17.4. The summed E-state index contributed by atoms with van der Waals surface area (Å²) >= 11 is 0. The average Bonchev–Trinajstić information content (AvgIpc) is 2.87. The number of carbonyl (C=O) groups excluding carboxylic acids is 1. The van der Waals surface area contributed by atoms with Crippen molar-refractivity contribution in [1.82, 2.24) is 4.98 Å². The van der Waals surface area contributed by atoms with Crippen molar-refractivity contribution in [2.75, 3.05) is 19.0 Å². The van der Waals surface area contributed by atoms with Gasteiger partial charge in [0.05, 0.1) is 17.5 Å². The van der Waals surface area contributed by atoms with E-state index in [1.807, 2.05) is 79.7 Å². The van der Waals surface area contributed by atoms with Crippen LogP contribution < -0.4 is 15.1 Å². The zero-order valence-corrected chi connectivity index (χ0v) is 19.7. The minimum Gasteiger partial charge on any atom is -0.507 e. The fourth-order valence-corrected chi connectivity index (χ4v) is 4.95. The first-order valence-electron chi connectivity index (χ1n) is 11.6. The third kappa shape index (κ3) is 3.40. The second kappa shape index (κ2) is 8.23. The van der Waals surface area contributed by atoms with E-state index in [1.54, 1.807) is 0 Å². The van der Waals surface area contributed by atoms with Crippen LogP contribution in [0.3, 0.4) is 0 Å². The molecule has 7 nitrogen and oxygen atoms in total. The van der Waals surface area contributed by atoms with Gasteiger partial charge in [-0.2, -0.15) is 0 Å². The molecule has 3 heterocycles. The molecule has 0 saturated carbocycles. The second-order valence-corrected chi connectivity index (χ2v) is 9.08. The molecule has 7 heteroatoms. The number of anilines is 1. The van der Waals surface area contributed by atoms with Gasteiger partial charge in [0.25, 0.3) is 0 Å². The van der Waals surface area contributed by atoms with Gasteiger partial charge in [0, 0.05) is 42.6 Å². The van der Waals surface area contributed by atoms with Crippen LogP contribution in [0.4, 0.5) is 5.82 Å². The number of para-hydroxylation sites is 1. The number of phenols is 1. The zero-order chi connectivity index (χ0) is 25.0. The second-order valence-electron chi connectivity index (χ2n) is 9.08. The molecule has 1 N–H and O–H groups in total. The Balaban J connectivity index is 1.65. The van der Waals surface area contributed by atoms with Crippen LogP contribution in [0.25, 0.3) is 33.0 Å². The third-order valence-electron chi connectivity index (χ3n) is 6.59. The molecule has 1 aliphatic rings. The number of fused-ring (bicyclic) bond motifs is 4. The molecule has 6 rings (SSSR count). The molecule has 0 fully saturated rings. The number of ether oxygens (including phenoxy) is 1. The fourth-order valence-electron chi connectivity index (χ4n) is 4.95. The molecule has 1 unspecified atom stereocenters. The summed E-state index contributed by atoms with van der Waals surface area (Å²) < 4.78 is 11.6. The molecule has 3 aromatic carbocycles. The Morgan fingerprint density at radius 1 is 1.00 bits per heavy atom. The topological polar surface area (TPSA) is 92.9 Å². The molecule has 1 aliphatic heterocycles. The summed E-state index contributed by atoms with van der Waals surface area (Å²) in [6, 6.07) is 20.2. The number of phenolic OH excluding ortho intramolecular Hbond substituents is 1. The molecular weight excluding hydrogens is 456 g/mol. The van der Waals surface area contributed by atoms with E-state index in [-0.39, 0.29) is 34.3 Å². The molecule has 2 aromatic heterocycles. The van der Waals surface area contributed by atoms with Crippen LogP contribution in [0.2, 0.25) is 0 Å². The standard InChI is InChI=1S/C29H22N2O5/c1-31(2)29-19(12-17-10-6-7-11-21(17)30-29)18-13-24(33)36-23-14-22(32)26-27(34)20(15-35-28(26)25(18)23)16-8-4-3-5-9-16/h3-12,14-15,18,32H,13H2,1-2H3. The van der Waals surface area contributed by atoms with Crippen molar-refractivity contribution in [3.63, 3.8) is 0 Å². The number of esters is 1. The van der Waals surface area contributed by atoms with Gasteiger partial charge >= 0.3 is 5.97 Å². The summed E-state index contributed by atoms with van der Waals surface area (Å²) in [5.41, 5.74) is 3.04. The Morgan fingerprint density at radius 2 is 1.75 bits per heavy atom. The number of hydrogen-bond donors (Lipinski definition) is 1. The van der Waals surface area contributed by atoms with Gasteiger partial charge in [-0.15, -0.1) is 0 Å². The molecule has 0 radical (unpaired) electrons. The van der Waals surface area contributed by atoms with Gasteiger partial charge in [0.2, 0.25) is 5.43 Å². The lowest BCUT2D eigenvalue weighted by molar-refractivity contribution is -0.135. The minimum atomic E-state index is -0.496. The van der Waals surface area contributed by atoms with Gasteiger partial charge in [0.15, 0.2) is 0 Å². The van der Waals surface area contributed by atoms with Crippen LogP contribution in [0, 0.1) is 0 Å². The number of carbonyl (C=O) groups is 1. The minimum absolute atomic E-state index is 0.0396. The van der Waals surface area contributed by atoms with E-state index in [0.717, 1.165) is 16.5 Å². The van der Waals surface area contributed by atoms with Crippen LogP contribution >= 0.6 is 0 Å². The molecule has 5 aromatic rings. The van der Waals surface area contributed by atoms with E-state index in [2.05, 4.69) is 0 Å². The number of benzene rings is 3. The van der Waals surface area contributed by atoms with E-state index >= 15 is 0 Å². The summed E-state index contributed by atoms with van der Waals surface area (Å²) in [4.78, 5) is 33.0. The molecule has 0 bridgehead atoms. The Hall–Kier alpha value is -4.65. The van der Waals surface area contributed by atoms with E-state index in [9.17, 15) is 14.7 Å². The Morgan fingerprint density at radius 3 is 2.53 bits per heavy atom.